The van der Waals surface area contributed by atoms with Gasteiger partial charge in [-0.3, -0.25) is 19.7 Å². The van der Waals surface area contributed by atoms with E-state index in [4.69, 9.17) is 9.47 Å². The molecule has 2 rings (SSSR count). The van der Waals surface area contributed by atoms with Gasteiger partial charge in [0.05, 0.1) is 25.2 Å². The zero-order chi connectivity index (χ0) is 20.7. The molecule has 0 spiro atoms. The smallest absolute Gasteiger partial charge is 0.313 e. The monoisotopic (exact) mass is 389 g/mol. The maximum absolute atomic E-state index is 12.0. The first kappa shape index (κ1) is 20.6. The highest BCUT2D eigenvalue weighted by Gasteiger charge is 2.20. The molecule has 0 heterocycles. The van der Waals surface area contributed by atoms with Crippen LogP contribution in [0.1, 0.15) is 11.7 Å². The van der Waals surface area contributed by atoms with Crippen molar-refractivity contribution in [3.8, 4) is 11.5 Å². The van der Waals surface area contributed by atoms with Gasteiger partial charge in [0.25, 0.3) is 5.69 Å². The third-order valence-electron chi connectivity index (χ3n) is 3.80. The fourth-order valence-corrected chi connectivity index (χ4v) is 2.37. The first-order valence-electron chi connectivity index (χ1n) is 8.10. The summed E-state index contributed by atoms with van der Waals surface area (Å²) in [5.41, 5.74) is -0.000780. The molecule has 0 aliphatic rings. The van der Waals surface area contributed by atoms with Gasteiger partial charge in [-0.15, -0.1) is 0 Å². The third-order valence-corrected chi connectivity index (χ3v) is 3.80. The predicted octanol–water partition coefficient (Wildman–Crippen LogP) is 1.40. The predicted molar refractivity (Wildman–Crippen MR) is 99.2 cm³/mol. The van der Waals surface area contributed by atoms with Crippen LogP contribution in [0.2, 0.25) is 0 Å². The van der Waals surface area contributed by atoms with Gasteiger partial charge in [0.15, 0.2) is 11.5 Å². The number of ether oxygens (including phenoxy) is 2. The van der Waals surface area contributed by atoms with Gasteiger partial charge in [0.1, 0.15) is 5.69 Å². The van der Waals surface area contributed by atoms with Crippen LogP contribution in [0.5, 0.6) is 11.5 Å². The Morgan fingerprint density at radius 1 is 1.11 bits per heavy atom. The minimum absolute atomic E-state index is 0.104. The molecule has 0 radical (unpaired) electrons. The number of anilines is 1. The number of rotatable bonds is 7. The number of nitrogens with one attached hydrogen (secondary N) is 2. The number of amides is 2. The molecule has 0 bridgehead atoms. The zero-order valence-electron chi connectivity index (χ0n) is 15.2. The molecule has 0 saturated carbocycles. The zero-order valence-corrected chi connectivity index (χ0v) is 15.2. The second-order valence-electron chi connectivity index (χ2n) is 5.57. The van der Waals surface area contributed by atoms with Gasteiger partial charge in [-0.05, 0) is 23.8 Å². The molecular formula is C18H19N3O7. The number of methoxy groups -OCH3 is 2. The molecule has 0 aromatic heterocycles. The molecule has 0 aliphatic carbocycles. The third kappa shape index (κ3) is 4.95. The summed E-state index contributed by atoms with van der Waals surface area (Å²) in [6.45, 7) is -0.251. The average molecular weight is 389 g/mol. The van der Waals surface area contributed by atoms with Crippen molar-refractivity contribution in [2.75, 3.05) is 26.1 Å². The van der Waals surface area contributed by atoms with Crippen molar-refractivity contribution in [2.24, 2.45) is 0 Å². The van der Waals surface area contributed by atoms with Crippen molar-refractivity contribution in [3.05, 3.63) is 58.1 Å². The van der Waals surface area contributed by atoms with Gasteiger partial charge in [-0.2, -0.15) is 0 Å². The summed E-state index contributed by atoms with van der Waals surface area (Å²) in [6, 6.07) is 10.2. The lowest BCUT2D eigenvalue weighted by Crippen LogP contribution is -2.37. The Kier molecular flexibility index (Phi) is 6.88. The highest BCUT2D eigenvalue weighted by atomic mass is 16.6. The van der Waals surface area contributed by atoms with E-state index in [9.17, 15) is 24.8 Å². The Morgan fingerprint density at radius 2 is 1.79 bits per heavy atom. The van der Waals surface area contributed by atoms with Gasteiger partial charge < -0.3 is 25.2 Å². The van der Waals surface area contributed by atoms with Crippen LogP contribution in [0.25, 0.3) is 0 Å². The molecule has 1 atom stereocenters. The second kappa shape index (κ2) is 9.33. The lowest BCUT2D eigenvalue weighted by molar-refractivity contribution is -0.383. The van der Waals surface area contributed by atoms with Crippen molar-refractivity contribution < 1.29 is 29.1 Å². The highest BCUT2D eigenvalue weighted by Crippen LogP contribution is 2.29. The fraction of sp³-hybridized carbons (Fsp3) is 0.222. The topological polar surface area (TPSA) is 140 Å². The van der Waals surface area contributed by atoms with Crippen molar-refractivity contribution in [1.29, 1.82) is 0 Å². The van der Waals surface area contributed by atoms with E-state index in [2.05, 4.69) is 10.6 Å². The molecule has 148 valence electrons. The van der Waals surface area contributed by atoms with Crippen LogP contribution < -0.4 is 20.1 Å². The van der Waals surface area contributed by atoms with Gasteiger partial charge >= 0.3 is 11.8 Å². The Balaban J connectivity index is 1.98. The molecule has 2 amide bonds. The number of nitrogens with zero attached hydrogens (tertiary/aromatic N) is 1. The SMILES string of the molecule is COc1ccc(C(O)CNC(=O)C(=O)Nc2ccccc2[N+](=O)[O-])cc1OC. The number of nitro groups is 1. The van der Waals surface area contributed by atoms with Crippen molar-refractivity contribution in [1.82, 2.24) is 5.32 Å². The van der Waals surface area contributed by atoms with E-state index in [1.165, 1.54) is 38.5 Å². The van der Waals surface area contributed by atoms with Gasteiger partial charge in [0.2, 0.25) is 0 Å². The minimum Gasteiger partial charge on any atom is -0.493 e. The first-order valence-corrected chi connectivity index (χ1v) is 8.10. The normalized spacial score (nSPS) is 11.2. The minimum atomic E-state index is -1.11. The van der Waals surface area contributed by atoms with Crippen LogP contribution in [-0.4, -0.2) is 42.6 Å². The molecule has 0 aliphatic heterocycles. The van der Waals surface area contributed by atoms with Gasteiger partial charge in [-0.25, -0.2) is 0 Å². The molecular weight excluding hydrogens is 370 g/mol. The lowest BCUT2D eigenvalue weighted by atomic mass is 10.1. The van der Waals surface area contributed by atoms with E-state index < -0.39 is 22.8 Å². The van der Waals surface area contributed by atoms with Crippen LogP contribution in [0.15, 0.2) is 42.5 Å². The number of carbonyl (C=O) groups is 2. The maximum atomic E-state index is 12.0. The van der Waals surface area contributed by atoms with Crippen LogP contribution in [0.3, 0.4) is 0 Å². The Bertz CT molecular complexity index is 885. The van der Waals surface area contributed by atoms with Gasteiger partial charge in [-0.1, -0.05) is 18.2 Å². The van der Waals surface area contributed by atoms with Gasteiger partial charge in [0, 0.05) is 12.6 Å². The number of benzene rings is 2. The number of hydrogen-bond donors (Lipinski definition) is 3. The number of aliphatic hydroxyl groups is 1. The van der Waals surface area contributed by atoms with Crippen LogP contribution in [0, 0.1) is 10.1 Å². The second-order valence-corrected chi connectivity index (χ2v) is 5.57. The maximum Gasteiger partial charge on any atom is 0.313 e. The van der Waals surface area contributed by atoms with Crippen molar-refractivity contribution >= 4 is 23.2 Å². The highest BCUT2D eigenvalue weighted by molar-refractivity contribution is 6.39. The van der Waals surface area contributed by atoms with Crippen molar-refractivity contribution in [2.45, 2.75) is 6.10 Å². The molecule has 2 aromatic rings. The van der Waals surface area contributed by atoms with E-state index in [1.54, 1.807) is 18.2 Å². The summed E-state index contributed by atoms with van der Waals surface area (Å²) in [5, 5.41) is 25.6. The summed E-state index contributed by atoms with van der Waals surface area (Å²) in [4.78, 5) is 34.2. The molecule has 2 aromatic carbocycles. The molecule has 3 N–H and O–H groups in total. The van der Waals surface area contributed by atoms with Crippen LogP contribution >= 0.6 is 0 Å². The number of carbonyl (C=O) groups excluding carboxylic acids is 2. The standard InChI is InChI=1S/C18H19N3O7/c1-27-15-8-7-11(9-16(15)28-2)14(22)10-19-17(23)18(24)20-12-5-3-4-6-13(12)21(25)26/h3-9,14,22H,10H2,1-2H3,(H,19,23)(H,20,24). The molecule has 1 unspecified atom stereocenters. The average Bonchev–Trinajstić information content (AvgIpc) is 2.71. The number of para-hydroxylation sites is 2. The van der Waals surface area contributed by atoms with E-state index in [1.807, 2.05) is 0 Å². The van der Waals surface area contributed by atoms with E-state index in [-0.39, 0.29) is 17.9 Å². The Morgan fingerprint density at radius 3 is 2.43 bits per heavy atom. The van der Waals surface area contributed by atoms with E-state index >= 15 is 0 Å². The molecule has 0 saturated heterocycles. The van der Waals surface area contributed by atoms with Crippen molar-refractivity contribution in [3.63, 3.8) is 0 Å². The summed E-state index contributed by atoms with van der Waals surface area (Å²) in [7, 11) is 2.92. The molecule has 10 nitrogen and oxygen atoms in total. The summed E-state index contributed by atoms with van der Waals surface area (Å²) >= 11 is 0. The lowest BCUT2D eigenvalue weighted by Gasteiger charge is -2.15. The molecule has 0 fully saturated rings. The number of aliphatic hydroxyl groups excluding tert-OH is 1. The summed E-state index contributed by atoms with van der Waals surface area (Å²) in [5.74, 6) is -1.25. The van der Waals surface area contributed by atoms with E-state index in [0.717, 1.165) is 0 Å². The molecule has 28 heavy (non-hydrogen) atoms. The molecule has 10 heteroatoms. The number of hydrogen-bond acceptors (Lipinski definition) is 7. The van der Waals surface area contributed by atoms with Crippen LogP contribution in [-0.2, 0) is 9.59 Å². The Labute approximate surface area is 160 Å². The number of nitro benzene ring substituents is 1. The van der Waals surface area contributed by atoms with E-state index in [0.29, 0.717) is 17.1 Å². The summed E-state index contributed by atoms with van der Waals surface area (Å²) < 4.78 is 10.3. The quantitative estimate of drug-likeness (QED) is 0.369. The largest absolute Gasteiger partial charge is 0.493 e. The first-order chi connectivity index (χ1) is 13.4. The fourth-order valence-electron chi connectivity index (χ4n) is 2.37. The van der Waals surface area contributed by atoms with Crippen LogP contribution in [0.4, 0.5) is 11.4 Å². The Hall–Kier alpha value is -3.66. The summed E-state index contributed by atoms with van der Waals surface area (Å²) in [6.07, 6.45) is -1.11.